The van der Waals surface area contributed by atoms with Crippen LogP contribution in [0.15, 0.2) is 45.9 Å². The number of aliphatic hydroxyl groups is 1. The number of aromatic nitrogens is 5. The van der Waals surface area contributed by atoms with Crippen molar-refractivity contribution in [3.63, 3.8) is 0 Å². The Morgan fingerprint density at radius 1 is 1.19 bits per heavy atom. The van der Waals surface area contributed by atoms with E-state index in [1.165, 1.54) is 21.2 Å². The van der Waals surface area contributed by atoms with Crippen molar-refractivity contribution < 1.29 is 13.9 Å². The van der Waals surface area contributed by atoms with Crippen LogP contribution in [0.25, 0.3) is 16.8 Å². The molecule has 0 aliphatic rings. The molecule has 0 aliphatic carbocycles. The minimum absolute atomic E-state index is 0.109. The Morgan fingerprint density at radius 3 is 2.62 bits per heavy atom. The molecule has 3 heterocycles. The highest BCUT2D eigenvalue weighted by Gasteiger charge is 2.18. The smallest absolute Gasteiger partial charge is 0.277 e. The Balaban J connectivity index is 1.86. The van der Waals surface area contributed by atoms with Crippen LogP contribution < -0.4 is 5.56 Å². The lowest BCUT2D eigenvalue weighted by atomic mass is 10.1. The molecule has 1 N–H and O–H groups in total. The molecule has 3 aromatic heterocycles. The van der Waals surface area contributed by atoms with Crippen molar-refractivity contribution in [2.45, 2.75) is 20.1 Å². The maximum absolute atomic E-state index is 13.2. The van der Waals surface area contributed by atoms with Crippen LogP contribution in [-0.2, 0) is 13.2 Å². The second kappa shape index (κ2) is 6.19. The molecular weight excluding hydrogens is 341 g/mol. The van der Waals surface area contributed by atoms with Gasteiger partial charge in [0.25, 0.3) is 5.56 Å². The van der Waals surface area contributed by atoms with E-state index in [9.17, 15) is 14.3 Å². The fourth-order valence-corrected chi connectivity index (χ4v) is 2.81. The highest BCUT2D eigenvalue weighted by molar-refractivity contribution is 5.72. The summed E-state index contributed by atoms with van der Waals surface area (Å²) in [5.41, 5.74) is 1.30. The van der Waals surface area contributed by atoms with Crippen LogP contribution in [0.2, 0.25) is 0 Å². The molecule has 0 spiro atoms. The third-order valence-electron chi connectivity index (χ3n) is 4.01. The van der Waals surface area contributed by atoms with E-state index in [1.54, 1.807) is 31.5 Å². The van der Waals surface area contributed by atoms with Crippen LogP contribution in [0, 0.1) is 12.7 Å². The summed E-state index contributed by atoms with van der Waals surface area (Å²) >= 11 is 0. The number of benzene rings is 1. The summed E-state index contributed by atoms with van der Waals surface area (Å²) in [6.07, 6.45) is 3.16. The second-order valence-corrected chi connectivity index (χ2v) is 5.73. The summed E-state index contributed by atoms with van der Waals surface area (Å²) in [6.45, 7) is 1.39. The van der Waals surface area contributed by atoms with Crippen LogP contribution in [-0.4, -0.2) is 29.5 Å². The Bertz CT molecular complexity index is 1140. The SMILES string of the molecule is Cc1nnc(Cn2ccn3nc(-c4ccc(F)cc4)c(CO)c3c2=O)o1. The molecule has 0 aliphatic heterocycles. The maximum atomic E-state index is 13.2. The summed E-state index contributed by atoms with van der Waals surface area (Å²) in [5.74, 6) is 0.339. The average Bonchev–Trinajstić information content (AvgIpc) is 3.21. The van der Waals surface area contributed by atoms with Crippen LogP contribution in [0.1, 0.15) is 17.3 Å². The molecule has 132 valence electrons. The highest BCUT2D eigenvalue weighted by atomic mass is 19.1. The van der Waals surface area contributed by atoms with Crippen LogP contribution in [0.3, 0.4) is 0 Å². The van der Waals surface area contributed by atoms with Gasteiger partial charge in [-0.1, -0.05) is 0 Å². The number of halogens is 1. The summed E-state index contributed by atoms with van der Waals surface area (Å²) < 4.78 is 21.3. The molecule has 4 aromatic rings. The molecule has 0 saturated carbocycles. The largest absolute Gasteiger partial charge is 0.424 e. The van der Waals surface area contributed by atoms with Gasteiger partial charge in [-0.05, 0) is 24.3 Å². The predicted molar refractivity (Wildman–Crippen MR) is 88.9 cm³/mol. The van der Waals surface area contributed by atoms with Crippen LogP contribution in [0.5, 0.6) is 0 Å². The van der Waals surface area contributed by atoms with Crippen molar-refractivity contribution in [1.82, 2.24) is 24.4 Å². The minimum Gasteiger partial charge on any atom is -0.424 e. The van der Waals surface area contributed by atoms with Crippen molar-refractivity contribution in [2.75, 3.05) is 0 Å². The average molecular weight is 355 g/mol. The molecule has 0 radical (unpaired) electrons. The molecule has 4 rings (SSSR count). The maximum Gasteiger partial charge on any atom is 0.277 e. The van der Waals surface area contributed by atoms with Gasteiger partial charge in [-0.15, -0.1) is 10.2 Å². The number of aryl methyl sites for hydroxylation is 1. The summed E-state index contributed by atoms with van der Waals surface area (Å²) in [6, 6.07) is 5.71. The third-order valence-corrected chi connectivity index (χ3v) is 4.01. The molecule has 0 unspecified atom stereocenters. The van der Waals surface area contributed by atoms with Gasteiger partial charge in [0.2, 0.25) is 11.8 Å². The van der Waals surface area contributed by atoms with E-state index in [0.29, 0.717) is 28.6 Å². The van der Waals surface area contributed by atoms with E-state index < -0.39 is 0 Å². The number of rotatable bonds is 4. The molecule has 0 fully saturated rings. The lowest BCUT2D eigenvalue weighted by Gasteiger charge is -2.03. The fraction of sp³-hybridized carbons (Fsp3) is 0.176. The van der Waals surface area contributed by atoms with E-state index in [-0.39, 0.29) is 30.0 Å². The first-order chi connectivity index (χ1) is 12.6. The Morgan fingerprint density at radius 2 is 1.96 bits per heavy atom. The van der Waals surface area contributed by atoms with Crippen molar-refractivity contribution in [2.24, 2.45) is 0 Å². The van der Waals surface area contributed by atoms with Gasteiger partial charge in [0.05, 0.1) is 12.3 Å². The molecule has 0 amide bonds. The van der Waals surface area contributed by atoms with E-state index in [1.807, 2.05) is 0 Å². The zero-order chi connectivity index (χ0) is 18.3. The summed E-state index contributed by atoms with van der Waals surface area (Å²) in [7, 11) is 0. The van der Waals surface area contributed by atoms with Gasteiger partial charge in [-0.3, -0.25) is 4.79 Å². The minimum atomic E-state index is -0.380. The Labute approximate surface area is 146 Å². The van der Waals surface area contributed by atoms with Crippen molar-refractivity contribution >= 4 is 5.52 Å². The summed E-state index contributed by atoms with van der Waals surface area (Å²) in [5, 5.41) is 21.8. The van der Waals surface area contributed by atoms with Gasteiger partial charge in [0, 0.05) is 30.4 Å². The molecule has 1 aromatic carbocycles. The molecule has 0 bridgehead atoms. The van der Waals surface area contributed by atoms with E-state index in [0.717, 1.165) is 0 Å². The van der Waals surface area contributed by atoms with Crippen molar-refractivity contribution in [3.05, 3.63) is 70.2 Å². The number of hydrogen-bond donors (Lipinski definition) is 1. The van der Waals surface area contributed by atoms with Gasteiger partial charge in [-0.2, -0.15) is 5.10 Å². The number of fused-ring (bicyclic) bond motifs is 1. The van der Waals surface area contributed by atoms with Gasteiger partial charge < -0.3 is 14.1 Å². The third kappa shape index (κ3) is 2.68. The van der Waals surface area contributed by atoms with Gasteiger partial charge in [-0.25, -0.2) is 8.91 Å². The number of nitrogens with zero attached hydrogens (tertiary/aromatic N) is 5. The van der Waals surface area contributed by atoms with Gasteiger partial charge >= 0.3 is 0 Å². The molecule has 0 atom stereocenters. The molecule has 9 heteroatoms. The van der Waals surface area contributed by atoms with Gasteiger partial charge in [0.1, 0.15) is 17.9 Å². The normalized spacial score (nSPS) is 11.3. The number of aliphatic hydroxyl groups excluding tert-OH is 1. The first kappa shape index (κ1) is 16.2. The Hall–Kier alpha value is -3.33. The van der Waals surface area contributed by atoms with Crippen molar-refractivity contribution in [3.8, 4) is 11.3 Å². The lowest BCUT2D eigenvalue weighted by Crippen LogP contribution is -2.22. The zero-order valence-corrected chi connectivity index (χ0v) is 13.8. The number of hydrogen-bond acceptors (Lipinski definition) is 6. The monoisotopic (exact) mass is 355 g/mol. The molecule has 26 heavy (non-hydrogen) atoms. The first-order valence-corrected chi connectivity index (χ1v) is 7.83. The zero-order valence-electron chi connectivity index (χ0n) is 13.8. The van der Waals surface area contributed by atoms with Crippen LogP contribution in [0.4, 0.5) is 4.39 Å². The molecule has 8 nitrogen and oxygen atoms in total. The highest BCUT2D eigenvalue weighted by Crippen LogP contribution is 2.25. The predicted octanol–water partition coefficient (Wildman–Crippen LogP) is 1.53. The first-order valence-electron chi connectivity index (χ1n) is 7.83. The van der Waals surface area contributed by atoms with E-state index >= 15 is 0 Å². The Kier molecular flexibility index (Phi) is 3.85. The van der Waals surface area contributed by atoms with Crippen molar-refractivity contribution in [1.29, 1.82) is 0 Å². The molecule has 0 saturated heterocycles. The van der Waals surface area contributed by atoms with Crippen LogP contribution >= 0.6 is 0 Å². The van der Waals surface area contributed by atoms with Gasteiger partial charge in [0.15, 0.2) is 0 Å². The summed E-state index contributed by atoms with van der Waals surface area (Å²) in [4.78, 5) is 12.9. The second-order valence-electron chi connectivity index (χ2n) is 5.73. The lowest BCUT2D eigenvalue weighted by molar-refractivity contribution is 0.283. The van der Waals surface area contributed by atoms with E-state index in [2.05, 4.69) is 15.3 Å². The quantitative estimate of drug-likeness (QED) is 0.596. The standard InChI is InChI=1S/C17H14FN5O3/c1-10-19-20-14(26-10)8-22-6-7-23-16(17(22)25)13(9-24)15(21-23)11-2-4-12(18)5-3-11/h2-7,24H,8-9H2,1H3. The molecular formula is C17H14FN5O3. The topological polar surface area (TPSA) is 98.5 Å². The van der Waals surface area contributed by atoms with E-state index in [4.69, 9.17) is 4.42 Å². The fourth-order valence-electron chi connectivity index (χ4n) is 2.81.